The van der Waals surface area contributed by atoms with Crippen LogP contribution in [0.3, 0.4) is 0 Å². The highest BCUT2D eigenvalue weighted by Gasteiger charge is 2.24. The molecule has 7 heteroatoms. The summed E-state index contributed by atoms with van der Waals surface area (Å²) >= 11 is 0. The summed E-state index contributed by atoms with van der Waals surface area (Å²) in [5, 5.41) is 19.7. The number of hydrogen-bond acceptors (Lipinski definition) is 5. The summed E-state index contributed by atoms with van der Waals surface area (Å²) in [5.74, 6) is 0.0498. The maximum absolute atomic E-state index is 12.4. The molecule has 1 aliphatic carbocycles. The number of alkyl halides is 2. The molecule has 1 aliphatic rings. The molecule has 0 saturated heterocycles. The van der Waals surface area contributed by atoms with Crippen molar-refractivity contribution in [1.29, 1.82) is 0 Å². The third-order valence-electron chi connectivity index (χ3n) is 2.85. The molecule has 0 radical (unpaired) electrons. The summed E-state index contributed by atoms with van der Waals surface area (Å²) in [6.45, 7) is 0. The average Bonchev–Trinajstić information content (AvgIpc) is 2.32. The Labute approximate surface area is 97.3 Å². The molecule has 0 unspecified atom stereocenters. The van der Waals surface area contributed by atoms with Crippen LogP contribution in [0.4, 0.5) is 14.7 Å². The van der Waals surface area contributed by atoms with Crippen molar-refractivity contribution in [2.24, 2.45) is 0 Å². The highest BCUT2D eigenvalue weighted by molar-refractivity contribution is 5.25. The SMILES string of the molecule is O[C@@H]1CCCC[C@H]1Nc1nncc(C(F)F)n1. The van der Waals surface area contributed by atoms with Crippen molar-refractivity contribution >= 4 is 5.95 Å². The second-order valence-electron chi connectivity index (χ2n) is 4.11. The maximum atomic E-state index is 12.4. The zero-order valence-electron chi connectivity index (χ0n) is 9.18. The fourth-order valence-electron chi connectivity index (χ4n) is 1.93. The van der Waals surface area contributed by atoms with E-state index in [1.807, 2.05) is 0 Å². The Morgan fingerprint density at radius 3 is 2.82 bits per heavy atom. The van der Waals surface area contributed by atoms with Gasteiger partial charge in [-0.1, -0.05) is 12.8 Å². The van der Waals surface area contributed by atoms with E-state index in [0.717, 1.165) is 25.5 Å². The first-order chi connectivity index (χ1) is 8.16. The van der Waals surface area contributed by atoms with Gasteiger partial charge >= 0.3 is 0 Å². The van der Waals surface area contributed by atoms with E-state index in [0.29, 0.717) is 6.42 Å². The van der Waals surface area contributed by atoms with Gasteiger partial charge in [-0.25, -0.2) is 13.8 Å². The number of anilines is 1. The molecular formula is C10H14F2N4O. The molecule has 1 heterocycles. The van der Waals surface area contributed by atoms with E-state index < -0.39 is 18.2 Å². The Kier molecular flexibility index (Phi) is 3.78. The number of halogens is 2. The molecule has 17 heavy (non-hydrogen) atoms. The molecule has 2 rings (SSSR count). The normalized spacial score (nSPS) is 24.9. The van der Waals surface area contributed by atoms with E-state index in [-0.39, 0.29) is 12.0 Å². The summed E-state index contributed by atoms with van der Waals surface area (Å²) in [4.78, 5) is 3.65. The van der Waals surface area contributed by atoms with Gasteiger partial charge in [0.25, 0.3) is 6.43 Å². The second kappa shape index (κ2) is 5.31. The summed E-state index contributed by atoms with van der Waals surface area (Å²) in [7, 11) is 0. The lowest BCUT2D eigenvalue weighted by atomic mass is 9.93. The van der Waals surface area contributed by atoms with Gasteiger partial charge in [-0.05, 0) is 12.8 Å². The molecule has 0 aliphatic heterocycles. The van der Waals surface area contributed by atoms with E-state index in [1.54, 1.807) is 0 Å². The van der Waals surface area contributed by atoms with Gasteiger partial charge in [0.15, 0.2) is 0 Å². The Bertz CT molecular complexity index is 377. The fourth-order valence-corrected chi connectivity index (χ4v) is 1.93. The van der Waals surface area contributed by atoms with Crippen molar-refractivity contribution in [3.05, 3.63) is 11.9 Å². The third kappa shape index (κ3) is 3.06. The van der Waals surface area contributed by atoms with Crippen LogP contribution in [0.2, 0.25) is 0 Å². The van der Waals surface area contributed by atoms with Crippen LogP contribution in [0.15, 0.2) is 6.20 Å². The fraction of sp³-hybridized carbons (Fsp3) is 0.700. The van der Waals surface area contributed by atoms with Crippen LogP contribution in [0, 0.1) is 0 Å². The van der Waals surface area contributed by atoms with Gasteiger partial charge in [0.1, 0.15) is 5.69 Å². The number of nitrogens with zero attached hydrogens (tertiary/aromatic N) is 3. The van der Waals surface area contributed by atoms with Crippen molar-refractivity contribution in [1.82, 2.24) is 15.2 Å². The van der Waals surface area contributed by atoms with Crippen molar-refractivity contribution in [3.8, 4) is 0 Å². The number of aliphatic hydroxyl groups is 1. The van der Waals surface area contributed by atoms with Crippen LogP contribution in [0.25, 0.3) is 0 Å². The Morgan fingerprint density at radius 1 is 1.35 bits per heavy atom. The number of hydrogen-bond donors (Lipinski definition) is 2. The predicted octanol–water partition coefficient (Wildman–Crippen LogP) is 1.52. The van der Waals surface area contributed by atoms with Crippen LogP contribution < -0.4 is 5.32 Å². The summed E-state index contributed by atoms with van der Waals surface area (Å²) in [5.41, 5.74) is -0.409. The van der Waals surface area contributed by atoms with E-state index >= 15 is 0 Å². The van der Waals surface area contributed by atoms with Crippen molar-refractivity contribution in [2.45, 2.75) is 44.3 Å². The van der Waals surface area contributed by atoms with Crippen LogP contribution >= 0.6 is 0 Å². The van der Waals surface area contributed by atoms with Gasteiger partial charge < -0.3 is 10.4 Å². The number of aromatic nitrogens is 3. The number of rotatable bonds is 3. The molecule has 0 amide bonds. The molecule has 94 valence electrons. The van der Waals surface area contributed by atoms with Crippen LogP contribution in [0.5, 0.6) is 0 Å². The van der Waals surface area contributed by atoms with Gasteiger partial charge in [0.05, 0.1) is 18.3 Å². The van der Waals surface area contributed by atoms with Gasteiger partial charge in [-0.2, -0.15) is 5.10 Å². The van der Waals surface area contributed by atoms with E-state index in [1.165, 1.54) is 0 Å². The molecule has 2 N–H and O–H groups in total. The number of aliphatic hydroxyl groups excluding tert-OH is 1. The lowest BCUT2D eigenvalue weighted by Gasteiger charge is -2.28. The first kappa shape index (κ1) is 12.1. The van der Waals surface area contributed by atoms with Crippen molar-refractivity contribution in [2.75, 3.05) is 5.32 Å². The highest BCUT2D eigenvalue weighted by atomic mass is 19.3. The Hall–Kier alpha value is -1.37. The molecular weight excluding hydrogens is 230 g/mol. The largest absolute Gasteiger partial charge is 0.391 e. The molecule has 1 aromatic rings. The van der Waals surface area contributed by atoms with Crippen molar-refractivity contribution < 1.29 is 13.9 Å². The Morgan fingerprint density at radius 2 is 2.12 bits per heavy atom. The van der Waals surface area contributed by atoms with Gasteiger partial charge in [0, 0.05) is 0 Å². The first-order valence-electron chi connectivity index (χ1n) is 5.59. The third-order valence-corrected chi connectivity index (χ3v) is 2.85. The molecule has 0 aromatic carbocycles. The first-order valence-corrected chi connectivity index (χ1v) is 5.59. The minimum absolute atomic E-state index is 0.0498. The number of nitrogens with one attached hydrogen (secondary N) is 1. The molecule has 0 bridgehead atoms. The van der Waals surface area contributed by atoms with E-state index in [4.69, 9.17) is 0 Å². The quantitative estimate of drug-likeness (QED) is 0.843. The highest BCUT2D eigenvalue weighted by Crippen LogP contribution is 2.21. The van der Waals surface area contributed by atoms with Gasteiger partial charge in [0.2, 0.25) is 5.95 Å². The standard InChI is InChI=1S/C10H14F2N4O/c11-9(12)7-5-13-16-10(15-7)14-6-3-1-2-4-8(6)17/h5-6,8-9,17H,1-4H2,(H,14,15,16)/t6-,8-/m1/s1. The maximum Gasteiger partial charge on any atom is 0.282 e. The Balaban J connectivity index is 2.04. The van der Waals surface area contributed by atoms with E-state index in [2.05, 4.69) is 20.5 Å². The molecule has 1 aromatic heterocycles. The molecule has 0 spiro atoms. The van der Waals surface area contributed by atoms with E-state index in [9.17, 15) is 13.9 Å². The van der Waals surface area contributed by atoms with Crippen LogP contribution in [-0.4, -0.2) is 32.4 Å². The van der Waals surface area contributed by atoms with Crippen LogP contribution in [-0.2, 0) is 0 Å². The molecule has 1 saturated carbocycles. The van der Waals surface area contributed by atoms with Crippen molar-refractivity contribution in [3.63, 3.8) is 0 Å². The van der Waals surface area contributed by atoms with Gasteiger partial charge in [-0.3, -0.25) is 0 Å². The summed E-state index contributed by atoms with van der Waals surface area (Å²) in [6, 6.07) is -0.182. The monoisotopic (exact) mass is 244 g/mol. The molecule has 5 nitrogen and oxygen atoms in total. The zero-order chi connectivity index (χ0) is 12.3. The molecule has 1 fully saturated rings. The average molecular weight is 244 g/mol. The topological polar surface area (TPSA) is 70.9 Å². The summed E-state index contributed by atoms with van der Waals surface area (Å²) in [6.07, 6.45) is 1.26. The van der Waals surface area contributed by atoms with Crippen LogP contribution in [0.1, 0.15) is 37.8 Å². The minimum atomic E-state index is -2.66. The smallest absolute Gasteiger partial charge is 0.282 e. The predicted molar refractivity (Wildman–Crippen MR) is 56.7 cm³/mol. The lowest BCUT2D eigenvalue weighted by molar-refractivity contribution is 0.116. The zero-order valence-corrected chi connectivity index (χ0v) is 9.18. The van der Waals surface area contributed by atoms with Gasteiger partial charge in [-0.15, -0.1) is 5.10 Å². The lowest BCUT2D eigenvalue weighted by Crippen LogP contribution is -2.37. The molecule has 2 atom stereocenters. The second-order valence-corrected chi connectivity index (χ2v) is 4.11. The summed E-state index contributed by atoms with van der Waals surface area (Å²) < 4.78 is 24.8. The minimum Gasteiger partial charge on any atom is -0.391 e.